The minimum absolute atomic E-state index is 0.179. The van der Waals surface area contributed by atoms with Crippen LogP contribution in [0.2, 0.25) is 0 Å². The average molecular weight is 239 g/mol. The average Bonchev–Trinajstić information content (AvgIpc) is 2.59. The SMILES string of the molecule is CC(CNC(C)(C)C)C(C)Cc1nnn(C)n1. The molecule has 1 aromatic heterocycles. The number of aryl methyl sites for hydroxylation is 1. The van der Waals surface area contributed by atoms with Crippen molar-refractivity contribution < 1.29 is 0 Å². The molecule has 1 rings (SSSR count). The highest BCUT2D eigenvalue weighted by Crippen LogP contribution is 2.15. The molecule has 0 saturated heterocycles. The highest BCUT2D eigenvalue weighted by atomic mass is 15.6. The smallest absolute Gasteiger partial charge is 0.175 e. The van der Waals surface area contributed by atoms with Crippen molar-refractivity contribution in [3.8, 4) is 0 Å². The van der Waals surface area contributed by atoms with E-state index in [-0.39, 0.29) is 5.54 Å². The summed E-state index contributed by atoms with van der Waals surface area (Å²) < 4.78 is 0. The Morgan fingerprint density at radius 2 is 1.88 bits per heavy atom. The van der Waals surface area contributed by atoms with E-state index in [4.69, 9.17) is 0 Å². The van der Waals surface area contributed by atoms with Crippen LogP contribution in [0.15, 0.2) is 0 Å². The van der Waals surface area contributed by atoms with Crippen LogP contribution in [0.5, 0.6) is 0 Å². The number of rotatable bonds is 5. The molecule has 98 valence electrons. The molecule has 0 amide bonds. The Kier molecular flexibility index (Phi) is 4.62. The molecule has 2 atom stereocenters. The monoisotopic (exact) mass is 239 g/mol. The Morgan fingerprint density at radius 3 is 2.35 bits per heavy atom. The van der Waals surface area contributed by atoms with Gasteiger partial charge in [0.15, 0.2) is 5.82 Å². The van der Waals surface area contributed by atoms with Crippen molar-refractivity contribution >= 4 is 0 Å². The highest BCUT2D eigenvalue weighted by Gasteiger charge is 2.17. The minimum atomic E-state index is 0.179. The Hall–Kier alpha value is -0.970. The fourth-order valence-corrected chi connectivity index (χ4v) is 1.56. The van der Waals surface area contributed by atoms with Crippen LogP contribution >= 0.6 is 0 Å². The van der Waals surface area contributed by atoms with Gasteiger partial charge in [0.2, 0.25) is 0 Å². The third-order valence-corrected chi connectivity index (χ3v) is 2.98. The van der Waals surface area contributed by atoms with Crippen molar-refractivity contribution in [2.75, 3.05) is 6.54 Å². The van der Waals surface area contributed by atoms with Crippen molar-refractivity contribution in [3.05, 3.63) is 5.82 Å². The molecule has 0 aliphatic carbocycles. The largest absolute Gasteiger partial charge is 0.312 e. The van der Waals surface area contributed by atoms with E-state index < -0.39 is 0 Å². The minimum Gasteiger partial charge on any atom is -0.312 e. The molecular weight excluding hydrogens is 214 g/mol. The standard InChI is InChI=1S/C12H25N5/c1-9(7-11-14-16-17(6)15-11)10(2)8-13-12(3,4)5/h9-10,13H,7-8H2,1-6H3. The lowest BCUT2D eigenvalue weighted by Crippen LogP contribution is -2.40. The normalized spacial score (nSPS) is 15.9. The molecule has 2 unspecified atom stereocenters. The van der Waals surface area contributed by atoms with E-state index in [1.807, 2.05) is 0 Å². The van der Waals surface area contributed by atoms with E-state index in [0.717, 1.165) is 18.8 Å². The number of aromatic nitrogens is 4. The van der Waals surface area contributed by atoms with Crippen LogP contribution in [-0.4, -0.2) is 32.3 Å². The summed E-state index contributed by atoms with van der Waals surface area (Å²) in [6, 6.07) is 0. The van der Waals surface area contributed by atoms with Crippen LogP contribution in [0.4, 0.5) is 0 Å². The quantitative estimate of drug-likeness (QED) is 0.844. The molecular formula is C12H25N5. The van der Waals surface area contributed by atoms with Crippen LogP contribution in [-0.2, 0) is 13.5 Å². The maximum atomic E-state index is 4.22. The van der Waals surface area contributed by atoms with E-state index in [1.165, 1.54) is 4.80 Å². The van der Waals surface area contributed by atoms with Gasteiger partial charge in [-0.1, -0.05) is 13.8 Å². The number of nitrogens with one attached hydrogen (secondary N) is 1. The zero-order valence-corrected chi connectivity index (χ0v) is 11.9. The summed E-state index contributed by atoms with van der Waals surface area (Å²) in [6.45, 7) is 12.1. The number of tetrazole rings is 1. The molecule has 0 aromatic carbocycles. The van der Waals surface area contributed by atoms with Gasteiger partial charge in [-0.25, -0.2) is 0 Å². The number of hydrogen-bond donors (Lipinski definition) is 1. The van der Waals surface area contributed by atoms with Gasteiger partial charge in [-0.05, 0) is 44.4 Å². The Balaban J connectivity index is 2.39. The van der Waals surface area contributed by atoms with Gasteiger partial charge >= 0.3 is 0 Å². The summed E-state index contributed by atoms with van der Waals surface area (Å²) in [4.78, 5) is 1.51. The van der Waals surface area contributed by atoms with Crippen molar-refractivity contribution in [3.63, 3.8) is 0 Å². The van der Waals surface area contributed by atoms with E-state index >= 15 is 0 Å². The first-order chi connectivity index (χ1) is 7.78. The first-order valence-corrected chi connectivity index (χ1v) is 6.26. The fourth-order valence-electron chi connectivity index (χ4n) is 1.56. The number of hydrogen-bond acceptors (Lipinski definition) is 4. The Bertz CT molecular complexity index is 339. The lowest BCUT2D eigenvalue weighted by atomic mass is 9.92. The first-order valence-electron chi connectivity index (χ1n) is 6.26. The first kappa shape index (κ1) is 14.1. The summed E-state index contributed by atoms with van der Waals surface area (Å²) in [5.74, 6) is 1.98. The van der Waals surface area contributed by atoms with Crippen LogP contribution in [0, 0.1) is 11.8 Å². The van der Waals surface area contributed by atoms with Crippen molar-refractivity contribution in [2.24, 2.45) is 18.9 Å². The van der Waals surface area contributed by atoms with Gasteiger partial charge in [-0.2, -0.15) is 4.80 Å². The number of nitrogens with zero attached hydrogens (tertiary/aromatic N) is 4. The van der Waals surface area contributed by atoms with Gasteiger partial charge in [0.05, 0.1) is 7.05 Å². The van der Waals surface area contributed by atoms with Crippen molar-refractivity contribution in [1.82, 2.24) is 25.5 Å². The molecule has 0 fully saturated rings. The second kappa shape index (κ2) is 5.58. The Morgan fingerprint density at radius 1 is 1.24 bits per heavy atom. The summed E-state index contributed by atoms with van der Waals surface area (Å²) in [7, 11) is 1.80. The summed E-state index contributed by atoms with van der Waals surface area (Å²) >= 11 is 0. The summed E-state index contributed by atoms with van der Waals surface area (Å²) in [5, 5.41) is 15.6. The lowest BCUT2D eigenvalue weighted by molar-refractivity contribution is 0.314. The Labute approximate surface area is 104 Å². The van der Waals surface area contributed by atoms with E-state index in [9.17, 15) is 0 Å². The van der Waals surface area contributed by atoms with Gasteiger partial charge in [-0.3, -0.25) is 0 Å². The van der Waals surface area contributed by atoms with Gasteiger partial charge < -0.3 is 5.32 Å². The van der Waals surface area contributed by atoms with Gasteiger partial charge in [0, 0.05) is 12.0 Å². The van der Waals surface area contributed by atoms with E-state index in [2.05, 4.69) is 55.3 Å². The van der Waals surface area contributed by atoms with Crippen LogP contribution in [0.25, 0.3) is 0 Å². The van der Waals surface area contributed by atoms with Crippen LogP contribution in [0.3, 0.4) is 0 Å². The zero-order chi connectivity index (χ0) is 13.1. The van der Waals surface area contributed by atoms with Crippen LogP contribution < -0.4 is 5.32 Å². The predicted octanol–water partition coefficient (Wildman–Crippen LogP) is 1.41. The highest BCUT2D eigenvalue weighted by molar-refractivity contribution is 4.82. The molecule has 0 bridgehead atoms. The molecule has 0 saturated carbocycles. The third kappa shape index (κ3) is 5.26. The van der Waals surface area contributed by atoms with Gasteiger partial charge in [-0.15, -0.1) is 10.2 Å². The van der Waals surface area contributed by atoms with E-state index in [0.29, 0.717) is 11.8 Å². The fraction of sp³-hybridized carbons (Fsp3) is 0.917. The molecule has 0 radical (unpaired) electrons. The van der Waals surface area contributed by atoms with Gasteiger partial charge in [0.1, 0.15) is 0 Å². The van der Waals surface area contributed by atoms with Crippen LogP contribution in [0.1, 0.15) is 40.4 Å². The van der Waals surface area contributed by atoms with Gasteiger partial charge in [0.25, 0.3) is 0 Å². The van der Waals surface area contributed by atoms with Crippen molar-refractivity contribution in [1.29, 1.82) is 0 Å². The predicted molar refractivity (Wildman–Crippen MR) is 68.6 cm³/mol. The lowest BCUT2D eigenvalue weighted by Gasteiger charge is -2.26. The molecule has 0 spiro atoms. The summed E-state index contributed by atoms with van der Waals surface area (Å²) in [5.41, 5.74) is 0.179. The van der Waals surface area contributed by atoms with E-state index in [1.54, 1.807) is 7.05 Å². The maximum Gasteiger partial charge on any atom is 0.175 e. The second-order valence-electron chi connectivity index (χ2n) is 5.98. The molecule has 5 nitrogen and oxygen atoms in total. The molecule has 0 aliphatic heterocycles. The van der Waals surface area contributed by atoms with Crippen molar-refractivity contribution in [2.45, 2.75) is 46.6 Å². The summed E-state index contributed by atoms with van der Waals surface area (Å²) in [6.07, 6.45) is 0.890. The maximum absolute atomic E-state index is 4.22. The third-order valence-electron chi connectivity index (χ3n) is 2.98. The topological polar surface area (TPSA) is 55.6 Å². The molecule has 1 aromatic rings. The molecule has 1 N–H and O–H groups in total. The molecule has 1 heterocycles. The molecule has 17 heavy (non-hydrogen) atoms. The second-order valence-corrected chi connectivity index (χ2v) is 5.98. The zero-order valence-electron chi connectivity index (χ0n) is 11.9. The molecule has 5 heteroatoms. The molecule has 0 aliphatic rings.